The van der Waals surface area contributed by atoms with Gasteiger partial charge in [-0.15, -0.1) is 11.3 Å². The highest BCUT2D eigenvalue weighted by atomic mass is 32.2. The Bertz CT molecular complexity index is 1020. The van der Waals surface area contributed by atoms with Gasteiger partial charge in [0, 0.05) is 30.3 Å². The third-order valence-electron chi connectivity index (χ3n) is 4.87. The number of hydrogen-bond donors (Lipinski definition) is 1. The van der Waals surface area contributed by atoms with Crippen molar-refractivity contribution in [2.24, 2.45) is 5.92 Å². The zero-order valence-electron chi connectivity index (χ0n) is 16.5. The van der Waals surface area contributed by atoms with Gasteiger partial charge in [-0.1, -0.05) is 19.9 Å². The molecule has 1 N–H and O–H groups in total. The lowest BCUT2D eigenvalue weighted by Crippen LogP contribution is -2.39. The molecule has 0 aliphatic carbocycles. The van der Waals surface area contributed by atoms with Crippen LogP contribution in [-0.4, -0.2) is 36.7 Å². The highest BCUT2D eigenvalue weighted by Gasteiger charge is 2.32. The van der Waals surface area contributed by atoms with Crippen molar-refractivity contribution in [3.05, 3.63) is 45.9 Å². The number of thiazole rings is 1. The van der Waals surface area contributed by atoms with Crippen LogP contribution in [0.3, 0.4) is 0 Å². The molecule has 1 atom stereocenters. The van der Waals surface area contributed by atoms with E-state index in [9.17, 15) is 13.2 Å². The SMILES string of the molecule is CC(C)C(=O)NCc1csc([C@@H]2CCCN(S(=O)(=O)c3cccc(C#N)c3)C2)n1. The Labute approximate surface area is 175 Å². The number of carbonyl (C=O) groups is 1. The molecule has 2 aromatic rings. The maximum atomic E-state index is 13.0. The lowest BCUT2D eigenvalue weighted by molar-refractivity contribution is -0.124. The molecule has 0 unspecified atom stereocenters. The molecule has 0 saturated carbocycles. The summed E-state index contributed by atoms with van der Waals surface area (Å²) in [4.78, 5) is 16.5. The fourth-order valence-electron chi connectivity index (χ4n) is 3.21. The van der Waals surface area contributed by atoms with Crippen molar-refractivity contribution < 1.29 is 13.2 Å². The lowest BCUT2D eigenvalue weighted by atomic mass is 10.0. The first-order valence-corrected chi connectivity index (χ1v) is 11.9. The number of sulfonamides is 1. The van der Waals surface area contributed by atoms with Crippen LogP contribution in [0.2, 0.25) is 0 Å². The summed E-state index contributed by atoms with van der Waals surface area (Å²) in [6, 6.07) is 8.11. The molecule has 3 rings (SSSR count). The summed E-state index contributed by atoms with van der Waals surface area (Å²) >= 11 is 1.50. The molecule has 1 saturated heterocycles. The number of carbonyl (C=O) groups excluding carboxylic acids is 1. The molecular formula is C20H24N4O3S2. The van der Waals surface area contributed by atoms with Gasteiger partial charge in [0.1, 0.15) is 0 Å². The summed E-state index contributed by atoms with van der Waals surface area (Å²) in [5, 5.41) is 14.7. The van der Waals surface area contributed by atoms with Crippen LogP contribution in [0.25, 0.3) is 0 Å². The number of nitriles is 1. The van der Waals surface area contributed by atoms with Crippen molar-refractivity contribution in [3.8, 4) is 6.07 Å². The minimum Gasteiger partial charge on any atom is -0.350 e. The van der Waals surface area contributed by atoms with Crippen LogP contribution in [0.4, 0.5) is 0 Å². The Morgan fingerprint density at radius 3 is 2.97 bits per heavy atom. The summed E-state index contributed by atoms with van der Waals surface area (Å²) in [6.45, 7) is 4.88. The third-order valence-corrected chi connectivity index (χ3v) is 7.79. The number of nitrogens with one attached hydrogen (secondary N) is 1. The molecule has 29 heavy (non-hydrogen) atoms. The van der Waals surface area contributed by atoms with E-state index in [0.29, 0.717) is 25.2 Å². The standard InChI is InChI=1S/C20H24N4O3S2/c1-14(2)19(25)22-11-17-13-28-20(23-17)16-6-4-8-24(12-16)29(26,27)18-7-3-5-15(9-18)10-21/h3,5,7,9,13-14,16H,4,6,8,11-12H2,1-2H3,(H,22,25)/t16-/m1/s1. The smallest absolute Gasteiger partial charge is 0.243 e. The molecule has 1 aliphatic heterocycles. The van der Waals surface area contributed by atoms with E-state index in [1.54, 1.807) is 12.1 Å². The maximum Gasteiger partial charge on any atom is 0.243 e. The van der Waals surface area contributed by atoms with Crippen LogP contribution in [0.1, 0.15) is 48.9 Å². The number of nitrogens with zero attached hydrogens (tertiary/aromatic N) is 3. The van der Waals surface area contributed by atoms with Gasteiger partial charge in [0.05, 0.1) is 33.8 Å². The van der Waals surface area contributed by atoms with E-state index in [1.807, 2.05) is 25.3 Å². The average molecular weight is 433 g/mol. The normalized spacial score (nSPS) is 17.8. The fourth-order valence-corrected chi connectivity index (χ4v) is 5.73. The van der Waals surface area contributed by atoms with Crippen molar-refractivity contribution in [2.75, 3.05) is 13.1 Å². The van der Waals surface area contributed by atoms with Crippen LogP contribution in [0.5, 0.6) is 0 Å². The summed E-state index contributed by atoms with van der Waals surface area (Å²) in [5.74, 6) is -0.0731. The van der Waals surface area contributed by atoms with E-state index in [1.165, 1.54) is 27.8 Å². The second-order valence-corrected chi connectivity index (χ2v) is 10.2. The first-order chi connectivity index (χ1) is 13.8. The first-order valence-electron chi connectivity index (χ1n) is 9.53. The molecule has 154 valence electrons. The third kappa shape index (κ3) is 5.01. The van der Waals surface area contributed by atoms with Crippen LogP contribution >= 0.6 is 11.3 Å². The molecule has 1 aromatic carbocycles. The van der Waals surface area contributed by atoms with Gasteiger partial charge in [-0.3, -0.25) is 4.79 Å². The van der Waals surface area contributed by atoms with Crippen molar-refractivity contribution in [1.82, 2.24) is 14.6 Å². The van der Waals surface area contributed by atoms with Crippen molar-refractivity contribution in [2.45, 2.75) is 44.0 Å². The second-order valence-electron chi connectivity index (χ2n) is 7.39. The van der Waals surface area contributed by atoms with Crippen LogP contribution < -0.4 is 5.32 Å². The zero-order valence-corrected chi connectivity index (χ0v) is 18.1. The van der Waals surface area contributed by atoms with E-state index < -0.39 is 10.0 Å². The minimum atomic E-state index is -3.66. The lowest BCUT2D eigenvalue weighted by Gasteiger charge is -2.31. The highest BCUT2D eigenvalue weighted by Crippen LogP contribution is 2.32. The van der Waals surface area contributed by atoms with Gasteiger partial charge in [0.15, 0.2) is 0 Å². The van der Waals surface area contributed by atoms with Crippen LogP contribution in [0, 0.1) is 17.2 Å². The number of piperidine rings is 1. The maximum absolute atomic E-state index is 13.0. The number of hydrogen-bond acceptors (Lipinski definition) is 6. The quantitative estimate of drug-likeness (QED) is 0.756. The van der Waals surface area contributed by atoms with Crippen molar-refractivity contribution in [1.29, 1.82) is 5.26 Å². The molecule has 1 aromatic heterocycles. The van der Waals surface area contributed by atoms with Gasteiger partial charge in [-0.05, 0) is 31.0 Å². The topological polar surface area (TPSA) is 103 Å². The Morgan fingerprint density at radius 2 is 2.24 bits per heavy atom. The largest absolute Gasteiger partial charge is 0.350 e. The molecule has 7 nitrogen and oxygen atoms in total. The van der Waals surface area contributed by atoms with Crippen LogP contribution in [0.15, 0.2) is 34.5 Å². The minimum absolute atomic E-state index is 0.0194. The van der Waals surface area contributed by atoms with Crippen LogP contribution in [-0.2, 0) is 21.4 Å². The monoisotopic (exact) mass is 432 g/mol. The number of rotatable bonds is 6. The van der Waals surface area contributed by atoms with E-state index in [0.717, 1.165) is 23.5 Å². The van der Waals surface area contributed by atoms with Crippen molar-refractivity contribution >= 4 is 27.3 Å². The van der Waals surface area contributed by atoms with E-state index in [4.69, 9.17) is 5.26 Å². The summed E-state index contributed by atoms with van der Waals surface area (Å²) in [5.41, 5.74) is 1.12. The molecule has 0 bridgehead atoms. The van der Waals surface area contributed by atoms with E-state index >= 15 is 0 Å². The highest BCUT2D eigenvalue weighted by molar-refractivity contribution is 7.89. The molecule has 0 spiro atoms. The van der Waals surface area contributed by atoms with Gasteiger partial charge in [0.2, 0.25) is 15.9 Å². The molecule has 1 fully saturated rings. The predicted octanol–water partition coefficient (Wildman–Crippen LogP) is 2.86. The second kappa shape index (κ2) is 9.03. The van der Waals surface area contributed by atoms with Crippen molar-refractivity contribution in [3.63, 3.8) is 0 Å². The number of benzene rings is 1. The Balaban J connectivity index is 1.71. The van der Waals surface area contributed by atoms with Gasteiger partial charge in [0.25, 0.3) is 0 Å². The predicted molar refractivity (Wildman–Crippen MR) is 111 cm³/mol. The molecule has 9 heteroatoms. The van der Waals surface area contributed by atoms with Gasteiger partial charge in [-0.25, -0.2) is 13.4 Å². The van der Waals surface area contributed by atoms with E-state index in [-0.39, 0.29) is 22.6 Å². The number of aromatic nitrogens is 1. The van der Waals surface area contributed by atoms with Gasteiger partial charge >= 0.3 is 0 Å². The Hall–Kier alpha value is -2.28. The fraction of sp³-hybridized carbons (Fsp3) is 0.450. The average Bonchev–Trinajstić information content (AvgIpc) is 3.21. The zero-order chi connectivity index (χ0) is 21.0. The Kier molecular flexibility index (Phi) is 6.67. The van der Waals surface area contributed by atoms with E-state index in [2.05, 4.69) is 10.3 Å². The molecular weight excluding hydrogens is 408 g/mol. The molecule has 2 heterocycles. The van der Waals surface area contributed by atoms with Gasteiger partial charge in [-0.2, -0.15) is 9.57 Å². The molecule has 1 aliphatic rings. The molecule has 1 amide bonds. The number of amides is 1. The summed E-state index contributed by atoms with van der Waals surface area (Å²) < 4.78 is 27.5. The Morgan fingerprint density at radius 1 is 1.45 bits per heavy atom. The van der Waals surface area contributed by atoms with Gasteiger partial charge < -0.3 is 5.32 Å². The summed E-state index contributed by atoms with van der Waals surface area (Å²) in [6.07, 6.45) is 1.62. The summed E-state index contributed by atoms with van der Waals surface area (Å²) in [7, 11) is -3.66. The first kappa shape index (κ1) is 21.4. The molecule has 0 radical (unpaired) electrons.